The molecule has 0 unspecified atom stereocenters. The molecule has 0 bridgehead atoms. The van der Waals surface area contributed by atoms with E-state index in [2.05, 4.69) is 0 Å². The number of rotatable bonds is 8. The Bertz CT molecular complexity index is 408. The van der Waals surface area contributed by atoms with Gasteiger partial charge in [-0.3, -0.25) is 4.79 Å². The quantitative estimate of drug-likeness (QED) is 0.524. The molecule has 0 heterocycles. The first-order valence-corrected chi connectivity index (χ1v) is 7.13. The number of hydrogen-bond donors (Lipinski definition) is 0. The van der Waals surface area contributed by atoms with Crippen LogP contribution in [0, 0.1) is 0 Å². The molecule has 1 aromatic carbocycles. The van der Waals surface area contributed by atoms with E-state index in [9.17, 15) is 4.79 Å². The fourth-order valence-electron chi connectivity index (χ4n) is 1.56. The second kappa shape index (κ2) is 9.05. The van der Waals surface area contributed by atoms with Gasteiger partial charge in [0, 0.05) is 6.42 Å². The van der Waals surface area contributed by atoms with Crippen molar-refractivity contribution in [2.24, 2.45) is 0 Å². The topological polar surface area (TPSA) is 35.5 Å². The van der Waals surface area contributed by atoms with E-state index >= 15 is 0 Å². The monoisotopic (exact) mass is 304 g/mol. The lowest BCUT2D eigenvalue weighted by Gasteiger charge is -2.08. The Hall–Kier alpha value is -0.930. The summed E-state index contributed by atoms with van der Waals surface area (Å²) < 4.78 is 10.4. The molecule has 0 radical (unpaired) electrons. The minimum Gasteiger partial charge on any atom is -0.492 e. The molecule has 0 aliphatic heterocycles. The highest BCUT2D eigenvalue weighted by molar-refractivity contribution is 6.42. The number of carbonyl (C=O) groups is 1. The molecule has 0 aromatic heterocycles. The van der Waals surface area contributed by atoms with Gasteiger partial charge in [-0.2, -0.15) is 0 Å². The van der Waals surface area contributed by atoms with Crippen LogP contribution in [0.25, 0.3) is 0 Å². The molecule has 106 valence electrons. The van der Waals surface area contributed by atoms with Gasteiger partial charge in [-0.15, -0.1) is 0 Å². The molecule has 0 spiro atoms. The first-order chi connectivity index (χ1) is 9.15. The smallest absolute Gasteiger partial charge is 0.305 e. The van der Waals surface area contributed by atoms with Crippen molar-refractivity contribution in [3.8, 4) is 5.75 Å². The first kappa shape index (κ1) is 16.1. The second-order valence-electron chi connectivity index (χ2n) is 4.02. The van der Waals surface area contributed by atoms with Gasteiger partial charge in [0.05, 0.1) is 18.2 Å². The number of hydrogen-bond acceptors (Lipinski definition) is 3. The zero-order chi connectivity index (χ0) is 14.1. The average Bonchev–Trinajstić information content (AvgIpc) is 2.38. The van der Waals surface area contributed by atoms with Crippen molar-refractivity contribution >= 4 is 29.2 Å². The van der Waals surface area contributed by atoms with E-state index in [1.807, 2.05) is 0 Å². The number of ether oxygens (including phenoxy) is 2. The molecule has 0 fully saturated rings. The Morgan fingerprint density at radius 1 is 1.21 bits per heavy atom. The number of carbonyl (C=O) groups excluding carboxylic acids is 1. The third-order valence-electron chi connectivity index (χ3n) is 2.50. The third kappa shape index (κ3) is 6.17. The second-order valence-corrected chi connectivity index (χ2v) is 4.80. The van der Waals surface area contributed by atoms with E-state index < -0.39 is 0 Å². The van der Waals surface area contributed by atoms with E-state index in [1.54, 1.807) is 25.1 Å². The van der Waals surface area contributed by atoms with Crippen LogP contribution in [0.5, 0.6) is 5.75 Å². The van der Waals surface area contributed by atoms with Gasteiger partial charge in [-0.25, -0.2) is 0 Å². The lowest BCUT2D eigenvalue weighted by atomic mass is 10.2. The maximum absolute atomic E-state index is 11.1. The average molecular weight is 305 g/mol. The summed E-state index contributed by atoms with van der Waals surface area (Å²) in [6, 6.07) is 5.30. The highest BCUT2D eigenvalue weighted by atomic mass is 35.5. The Morgan fingerprint density at radius 2 is 2.00 bits per heavy atom. The van der Waals surface area contributed by atoms with E-state index in [4.69, 9.17) is 32.7 Å². The molecule has 0 atom stereocenters. The Morgan fingerprint density at radius 3 is 2.74 bits per heavy atom. The minimum atomic E-state index is -0.138. The number of esters is 1. The van der Waals surface area contributed by atoms with Crippen LogP contribution in [-0.2, 0) is 9.53 Å². The van der Waals surface area contributed by atoms with Gasteiger partial charge in [-0.1, -0.05) is 29.3 Å². The lowest BCUT2D eigenvalue weighted by Crippen LogP contribution is -2.04. The van der Waals surface area contributed by atoms with Gasteiger partial charge < -0.3 is 9.47 Å². The zero-order valence-electron chi connectivity index (χ0n) is 11.0. The summed E-state index contributed by atoms with van der Waals surface area (Å²) >= 11 is 11.9. The molecule has 0 saturated carbocycles. The van der Waals surface area contributed by atoms with Crippen molar-refractivity contribution in [1.29, 1.82) is 0 Å². The molecule has 1 aromatic rings. The van der Waals surface area contributed by atoms with Crippen molar-refractivity contribution in [2.45, 2.75) is 32.6 Å². The largest absolute Gasteiger partial charge is 0.492 e. The third-order valence-corrected chi connectivity index (χ3v) is 3.31. The standard InChI is InChI=1S/C14H18Cl2O3/c1-2-18-13(17)9-4-3-5-10-19-12-8-6-7-11(15)14(12)16/h6-8H,2-5,9-10H2,1H3. The van der Waals surface area contributed by atoms with E-state index in [0.29, 0.717) is 35.4 Å². The van der Waals surface area contributed by atoms with Crippen LogP contribution in [0.4, 0.5) is 0 Å². The highest BCUT2D eigenvalue weighted by Crippen LogP contribution is 2.31. The highest BCUT2D eigenvalue weighted by Gasteiger charge is 2.05. The SMILES string of the molecule is CCOC(=O)CCCCCOc1cccc(Cl)c1Cl. The Labute approximate surface area is 123 Å². The predicted molar refractivity (Wildman–Crippen MR) is 77.1 cm³/mol. The van der Waals surface area contributed by atoms with Crippen molar-refractivity contribution in [1.82, 2.24) is 0 Å². The molecule has 0 aliphatic carbocycles. The first-order valence-electron chi connectivity index (χ1n) is 6.37. The summed E-state index contributed by atoms with van der Waals surface area (Å²) in [6.45, 7) is 2.80. The molecule has 0 amide bonds. The molecule has 0 aliphatic rings. The van der Waals surface area contributed by atoms with Crippen molar-refractivity contribution in [3.63, 3.8) is 0 Å². The Balaban J connectivity index is 2.14. The summed E-state index contributed by atoms with van der Waals surface area (Å²) in [5.74, 6) is 0.459. The van der Waals surface area contributed by atoms with Gasteiger partial charge >= 0.3 is 5.97 Å². The zero-order valence-corrected chi connectivity index (χ0v) is 12.5. The van der Waals surface area contributed by atoms with E-state index in [0.717, 1.165) is 19.3 Å². The summed E-state index contributed by atoms with van der Waals surface area (Å²) in [6.07, 6.45) is 3.05. The molecular weight excluding hydrogens is 287 g/mol. The molecule has 3 nitrogen and oxygen atoms in total. The molecule has 0 saturated heterocycles. The van der Waals surface area contributed by atoms with Crippen LogP contribution >= 0.6 is 23.2 Å². The predicted octanol–water partition coefficient (Wildman–Crippen LogP) is 4.50. The summed E-state index contributed by atoms with van der Waals surface area (Å²) in [5.41, 5.74) is 0. The summed E-state index contributed by atoms with van der Waals surface area (Å²) in [4.78, 5) is 11.1. The number of unbranched alkanes of at least 4 members (excludes halogenated alkanes) is 2. The van der Waals surface area contributed by atoms with Crippen LogP contribution in [0.1, 0.15) is 32.6 Å². The van der Waals surface area contributed by atoms with E-state index in [-0.39, 0.29) is 5.97 Å². The van der Waals surface area contributed by atoms with Crippen LogP contribution in [0.2, 0.25) is 10.0 Å². The van der Waals surface area contributed by atoms with Gasteiger partial charge in [0.2, 0.25) is 0 Å². The summed E-state index contributed by atoms with van der Waals surface area (Å²) in [5, 5.41) is 0.928. The minimum absolute atomic E-state index is 0.138. The van der Waals surface area contributed by atoms with Crippen molar-refractivity contribution in [2.75, 3.05) is 13.2 Å². The van der Waals surface area contributed by atoms with E-state index in [1.165, 1.54) is 0 Å². The maximum atomic E-state index is 11.1. The van der Waals surface area contributed by atoms with Crippen molar-refractivity contribution < 1.29 is 14.3 Å². The van der Waals surface area contributed by atoms with Gasteiger partial charge in [-0.05, 0) is 38.3 Å². The van der Waals surface area contributed by atoms with Gasteiger partial charge in [0.25, 0.3) is 0 Å². The van der Waals surface area contributed by atoms with Crippen LogP contribution in [0.3, 0.4) is 0 Å². The normalized spacial score (nSPS) is 10.3. The van der Waals surface area contributed by atoms with Crippen molar-refractivity contribution in [3.05, 3.63) is 28.2 Å². The van der Waals surface area contributed by atoms with Crippen LogP contribution in [0.15, 0.2) is 18.2 Å². The fourth-order valence-corrected chi connectivity index (χ4v) is 1.91. The summed E-state index contributed by atoms with van der Waals surface area (Å²) in [7, 11) is 0. The lowest BCUT2D eigenvalue weighted by molar-refractivity contribution is -0.143. The molecule has 1 rings (SSSR count). The van der Waals surface area contributed by atoms with Gasteiger partial charge in [0.1, 0.15) is 10.8 Å². The molecule has 0 N–H and O–H groups in total. The molecule has 5 heteroatoms. The van der Waals surface area contributed by atoms with Crippen LogP contribution in [-0.4, -0.2) is 19.2 Å². The number of halogens is 2. The maximum Gasteiger partial charge on any atom is 0.305 e. The van der Waals surface area contributed by atoms with Gasteiger partial charge in [0.15, 0.2) is 0 Å². The number of benzene rings is 1. The fraction of sp³-hybridized carbons (Fsp3) is 0.500. The van der Waals surface area contributed by atoms with Crippen LogP contribution < -0.4 is 4.74 Å². The molecule has 19 heavy (non-hydrogen) atoms. The Kier molecular flexibility index (Phi) is 7.68. The molecular formula is C14H18Cl2O3.